The van der Waals surface area contributed by atoms with E-state index in [1.165, 1.54) is 0 Å². The molecule has 0 aliphatic rings. The Hall–Kier alpha value is -0.970. The number of hydrogen-bond donors (Lipinski definition) is 2. The third kappa shape index (κ3) is 2.77. The Balaban J connectivity index is 2.55. The van der Waals surface area contributed by atoms with Gasteiger partial charge in [0.15, 0.2) is 0 Å². The topological polar surface area (TPSA) is 46.9 Å². The second-order valence-corrected chi connectivity index (χ2v) is 2.98. The molecule has 5 heteroatoms. The summed E-state index contributed by atoms with van der Waals surface area (Å²) in [6, 6.07) is 1.71. The maximum Gasteiger partial charge on any atom is 0.271 e. The highest BCUT2D eigenvalue weighted by atomic mass is 32.1. The molecule has 0 saturated carbocycles. The first kappa shape index (κ1) is 10.1. The molecular weight excluding hydrogens is 186 g/mol. The monoisotopic (exact) mass is 199 g/mol. The second-order valence-electron chi connectivity index (χ2n) is 2.54. The lowest BCUT2D eigenvalue weighted by Crippen LogP contribution is -2.25. The molecule has 0 atom stereocenters. The fraction of sp³-hybridized carbons (Fsp3) is 0.500. The van der Waals surface area contributed by atoms with Crippen LogP contribution in [-0.2, 0) is 6.54 Å². The van der Waals surface area contributed by atoms with Crippen LogP contribution in [0.4, 0.5) is 0 Å². The number of amides is 1. The molecule has 0 radical (unpaired) electrons. The molecule has 0 saturated heterocycles. The van der Waals surface area contributed by atoms with E-state index in [0.717, 1.165) is 6.54 Å². The van der Waals surface area contributed by atoms with E-state index in [4.69, 9.17) is 0 Å². The normalized spacial score (nSPS) is 10.0. The quantitative estimate of drug-likeness (QED) is 0.696. The lowest BCUT2D eigenvalue weighted by Gasteiger charge is -1.98. The molecule has 1 N–H and O–H groups in total. The summed E-state index contributed by atoms with van der Waals surface area (Å²) in [5.41, 5.74) is 0.462. The summed E-state index contributed by atoms with van der Waals surface area (Å²) in [7, 11) is 0. The predicted octanol–water partition coefficient (Wildman–Crippen LogP) is 0.563. The van der Waals surface area contributed by atoms with Gasteiger partial charge in [-0.15, -0.1) is 0 Å². The first-order valence-electron chi connectivity index (χ1n) is 4.20. The maximum absolute atomic E-state index is 11.3. The van der Waals surface area contributed by atoms with Crippen LogP contribution in [0.15, 0.2) is 12.3 Å². The van der Waals surface area contributed by atoms with E-state index in [0.29, 0.717) is 18.0 Å². The van der Waals surface area contributed by atoms with Gasteiger partial charge >= 0.3 is 0 Å². The highest BCUT2D eigenvalue weighted by Gasteiger charge is 2.06. The number of nitrogens with one attached hydrogen (secondary N) is 1. The van der Waals surface area contributed by atoms with Crippen molar-refractivity contribution in [1.82, 2.24) is 15.1 Å². The Morgan fingerprint density at radius 1 is 1.77 bits per heavy atom. The Kier molecular flexibility index (Phi) is 3.82. The summed E-state index contributed by atoms with van der Waals surface area (Å²) in [4.78, 5) is 11.3. The minimum absolute atomic E-state index is 0.138. The molecule has 0 unspecified atom stereocenters. The van der Waals surface area contributed by atoms with Gasteiger partial charge in [-0.2, -0.15) is 17.7 Å². The van der Waals surface area contributed by atoms with Crippen molar-refractivity contribution in [2.24, 2.45) is 0 Å². The van der Waals surface area contributed by atoms with Gasteiger partial charge in [0.2, 0.25) is 0 Å². The van der Waals surface area contributed by atoms with Crippen LogP contribution in [0.1, 0.15) is 17.4 Å². The van der Waals surface area contributed by atoms with Gasteiger partial charge in [0.05, 0.1) is 0 Å². The summed E-state index contributed by atoms with van der Waals surface area (Å²) in [6.07, 6.45) is 1.79. The van der Waals surface area contributed by atoms with Gasteiger partial charge in [0, 0.05) is 25.0 Å². The van der Waals surface area contributed by atoms with Crippen LogP contribution in [0.2, 0.25) is 0 Å². The van der Waals surface area contributed by atoms with Crippen LogP contribution < -0.4 is 5.32 Å². The van der Waals surface area contributed by atoms with E-state index >= 15 is 0 Å². The zero-order valence-corrected chi connectivity index (χ0v) is 8.42. The Labute approximate surface area is 82.7 Å². The summed E-state index contributed by atoms with van der Waals surface area (Å²) < 4.78 is 1.72. The van der Waals surface area contributed by atoms with E-state index in [1.807, 2.05) is 6.92 Å². The maximum atomic E-state index is 11.3. The van der Waals surface area contributed by atoms with Crippen LogP contribution in [0, 0.1) is 0 Å². The number of carbonyl (C=O) groups is 1. The van der Waals surface area contributed by atoms with E-state index in [-0.39, 0.29) is 5.91 Å². The van der Waals surface area contributed by atoms with Crippen molar-refractivity contribution in [3.05, 3.63) is 18.0 Å². The van der Waals surface area contributed by atoms with E-state index in [1.54, 1.807) is 16.9 Å². The molecule has 4 nitrogen and oxygen atoms in total. The van der Waals surface area contributed by atoms with Crippen molar-refractivity contribution >= 4 is 18.5 Å². The van der Waals surface area contributed by atoms with Gasteiger partial charge in [0.1, 0.15) is 5.69 Å². The van der Waals surface area contributed by atoms with Crippen LogP contribution in [0.5, 0.6) is 0 Å². The van der Waals surface area contributed by atoms with Crippen LogP contribution in [-0.4, -0.2) is 28.0 Å². The summed E-state index contributed by atoms with van der Waals surface area (Å²) in [5, 5.41) is 6.76. The van der Waals surface area contributed by atoms with Gasteiger partial charge < -0.3 is 5.32 Å². The average molecular weight is 199 g/mol. The smallest absolute Gasteiger partial charge is 0.271 e. The first-order chi connectivity index (χ1) is 6.27. The fourth-order valence-corrected chi connectivity index (χ4v) is 1.03. The van der Waals surface area contributed by atoms with Crippen LogP contribution in [0.3, 0.4) is 0 Å². The molecule has 0 bridgehead atoms. The van der Waals surface area contributed by atoms with Gasteiger partial charge in [-0.1, -0.05) is 0 Å². The molecule has 0 aliphatic carbocycles. The van der Waals surface area contributed by atoms with Crippen molar-refractivity contribution in [2.45, 2.75) is 13.5 Å². The zero-order valence-electron chi connectivity index (χ0n) is 7.53. The second kappa shape index (κ2) is 4.91. The Morgan fingerprint density at radius 3 is 3.08 bits per heavy atom. The molecule has 0 fully saturated rings. The molecule has 1 aromatic heterocycles. The van der Waals surface area contributed by atoms with Crippen molar-refractivity contribution in [2.75, 3.05) is 12.3 Å². The van der Waals surface area contributed by atoms with Gasteiger partial charge in [-0.05, 0) is 13.0 Å². The largest absolute Gasteiger partial charge is 0.350 e. The SMILES string of the molecule is CCn1ccc(C(=O)NCCS)n1. The Bertz CT molecular complexity index is 285. The average Bonchev–Trinajstić information content (AvgIpc) is 2.62. The zero-order chi connectivity index (χ0) is 9.68. The van der Waals surface area contributed by atoms with Gasteiger partial charge in [0.25, 0.3) is 5.91 Å². The minimum atomic E-state index is -0.138. The number of aryl methyl sites for hydroxylation is 1. The van der Waals surface area contributed by atoms with Gasteiger partial charge in [-0.25, -0.2) is 0 Å². The van der Waals surface area contributed by atoms with Crippen molar-refractivity contribution in [1.29, 1.82) is 0 Å². The number of hydrogen-bond acceptors (Lipinski definition) is 3. The van der Waals surface area contributed by atoms with E-state index in [9.17, 15) is 4.79 Å². The van der Waals surface area contributed by atoms with Gasteiger partial charge in [-0.3, -0.25) is 9.48 Å². The summed E-state index contributed by atoms with van der Waals surface area (Å²) >= 11 is 3.99. The molecule has 0 aliphatic heterocycles. The van der Waals surface area contributed by atoms with Crippen LogP contribution >= 0.6 is 12.6 Å². The molecule has 0 spiro atoms. The highest BCUT2D eigenvalue weighted by molar-refractivity contribution is 7.80. The molecule has 72 valence electrons. The molecule has 1 amide bonds. The predicted molar refractivity (Wildman–Crippen MR) is 54.1 cm³/mol. The number of carbonyl (C=O) groups excluding carboxylic acids is 1. The van der Waals surface area contributed by atoms with E-state index < -0.39 is 0 Å². The van der Waals surface area contributed by atoms with E-state index in [2.05, 4.69) is 23.0 Å². The summed E-state index contributed by atoms with van der Waals surface area (Å²) in [5.74, 6) is 0.501. The number of nitrogens with zero attached hydrogens (tertiary/aromatic N) is 2. The molecule has 1 rings (SSSR count). The van der Waals surface area contributed by atoms with Crippen LogP contribution in [0.25, 0.3) is 0 Å². The summed E-state index contributed by atoms with van der Waals surface area (Å²) in [6.45, 7) is 3.32. The first-order valence-corrected chi connectivity index (χ1v) is 4.83. The Morgan fingerprint density at radius 2 is 2.54 bits per heavy atom. The van der Waals surface area contributed by atoms with Crippen molar-refractivity contribution < 1.29 is 4.79 Å². The standard InChI is InChI=1S/C8H13N3OS/c1-2-11-5-3-7(10-11)8(12)9-4-6-13/h3,5,13H,2,4,6H2,1H3,(H,9,12). The van der Waals surface area contributed by atoms with Crippen molar-refractivity contribution in [3.8, 4) is 0 Å². The lowest BCUT2D eigenvalue weighted by molar-refractivity contribution is 0.0950. The fourth-order valence-electron chi connectivity index (χ4n) is 0.919. The lowest BCUT2D eigenvalue weighted by atomic mass is 10.4. The third-order valence-corrected chi connectivity index (χ3v) is 1.82. The minimum Gasteiger partial charge on any atom is -0.350 e. The number of rotatable bonds is 4. The number of aromatic nitrogens is 2. The molecular formula is C8H13N3OS. The molecule has 1 aromatic rings. The molecule has 13 heavy (non-hydrogen) atoms. The molecule has 1 heterocycles. The number of thiol groups is 1. The van der Waals surface area contributed by atoms with Crippen molar-refractivity contribution in [3.63, 3.8) is 0 Å². The third-order valence-electron chi connectivity index (χ3n) is 1.59. The molecule has 0 aromatic carbocycles. The highest BCUT2D eigenvalue weighted by Crippen LogP contribution is 1.94.